The van der Waals surface area contributed by atoms with Crippen molar-refractivity contribution >= 4 is 57.8 Å². The van der Waals surface area contributed by atoms with E-state index in [9.17, 15) is 4.79 Å². The van der Waals surface area contributed by atoms with Gasteiger partial charge in [0.15, 0.2) is 10.8 Å². The lowest BCUT2D eigenvalue weighted by Crippen LogP contribution is -2.36. The van der Waals surface area contributed by atoms with Gasteiger partial charge >= 0.3 is 5.97 Å². The monoisotopic (exact) mass is 442 g/mol. The Labute approximate surface area is 176 Å². The molecule has 1 aliphatic heterocycles. The lowest BCUT2D eigenvalue weighted by Gasteiger charge is -2.29. The van der Waals surface area contributed by atoms with E-state index in [-0.39, 0.29) is 20.9 Å². The van der Waals surface area contributed by atoms with Gasteiger partial charge in [-0.3, -0.25) is 5.43 Å². The number of pyridine rings is 1. The van der Waals surface area contributed by atoms with E-state index in [1.807, 2.05) is 24.3 Å². The van der Waals surface area contributed by atoms with Gasteiger partial charge in [0.1, 0.15) is 10.0 Å². The highest BCUT2D eigenvalue weighted by Gasteiger charge is 2.21. The molecule has 0 radical (unpaired) electrons. The van der Waals surface area contributed by atoms with Crippen LogP contribution in [0.25, 0.3) is 5.70 Å². The molecule has 10 heteroatoms. The van der Waals surface area contributed by atoms with Gasteiger partial charge in [0.25, 0.3) is 0 Å². The number of hydrazine groups is 1. The number of aromatic carboxylic acids is 1. The zero-order valence-electron chi connectivity index (χ0n) is 14.6. The average Bonchev–Trinajstić information content (AvgIpc) is 2.71. The Hall–Kier alpha value is -2.19. The summed E-state index contributed by atoms with van der Waals surface area (Å²) in [5.74, 6) is -1.32. The Kier molecular flexibility index (Phi) is 6.51. The number of morpholine rings is 1. The summed E-state index contributed by atoms with van der Waals surface area (Å²) < 4.78 is 5.36. The predicted octanol–water partition coefficient (Wildman–Crippen LogP) is 4.16. The second-order valence-electron chi connectivity index (χ2n) is 5.93. The Balaban J connectivity index is 1.71. The molecular formula is C18H17Cl3N4O3. The number of ether oxygens (including phenoxy) is 1. The minimum Gasteiger partial charge on any atom is -0.476 e. The summed E-state index contributed by atoms with van der Waals surface area (Å²) in [7, 11) is 0. The van der Waals surface area contributed by atoms with E-state index >= 15 is 0 Å². The van der Waals surface area contributed by atoms with Gasteiger partial charge in [-0.15, -0.1) is 0 Å². The molecule has 1 saturated heterocycles. The predicted molar refractivity (Wildman–Crippen MR) is 111 cm³/mol. The molecule has 1 aromatic carbocycles. The number of nitrogens with zero attached hydrogens (tertiary/aromatic N) is 2. The molecule has 0 atom stereocenters. The van der Waals surface area contributed by atoms with E-state index in [4.69, 9.17) is 44.6 Å². The summed E-state index contributed by atoms with van der Waals surface area (Å²) in [5.41, 5.74) is 7.79. The largest absolute Gasteiger partial charge is 0.476 e. The first kappa shape index (κ1) is 20.5. The average molecular weight is 444 g/mol. The highest BCUT2D eigenvalue weighted by Crippen LogP contribution is 2.36. The van der Waals surface area contributed by atoms with Crippen molar-refractivity contribution < 1.29 is 14.6 Å². The Bertz CT molecular complexity index is 900. The smallest absolute Gasteiger partial charge is 0.356 e. The first-order chi connectivity index (χ1) is 13.4. The van der Waals surface area contributed by atoms with Crippen molar-refractivity contribution in [1.29, 1.82) is 0 Å². The zero-order chi connectivity index (χ0) is 20.3. The van der Waals surface area contributed by atoms with Gasteiger partial charge in [-0.1, -0.05) is 53.5 Å². The van der Waals surface area contributed by atoms with Gasteiger partial charge in [-0.05, 0) is 17.7 Å². The number of anilines is 2. The van der Waals surface area contributed by atoms with E-state index in [1.165, 1.54) is 0 Å². The molecule has 2 aromatic rings. The van der Waals surface area contributed by atoms with Gasteiger partial charge < -0.3 is 20.2 Å². The van der Waals surface area contributed by atoms with Crippen molar-refractivity contribution in [2.75, 3.05) is 36.6 Å². The standard InChI is InChI=1S/C18H17Cl3N4O3/c1-10(11-2-4-12(5-3-11)25-6-8-28-9-7-25)23-24-15-13(19)16(18(26)27)22-17(21)14(15)20/h2-5,23H,1,6-9H2,(H,22,24)(H,26,27). The van der Waals surface area contributed by atoms with Crippen LogP contribution in [0.2, 0.25) is 15.2 Å². The normalized spacial score (nSPS) is 13.9. The summed E-state index contributed by atoms with van der Waals surface area (Å²) in [6.07, 6.45) is 0. The van der Waals surface area contributed by atoms with Crippen LogP contribution in [0.15, 0.2) is 30.8 Å². The topological polar surface area (TPSA) is 86.7 Å². The number of carbonyl (C=O) groups is 1. The molecule has 1 aromatic heterocycles. The number of rotatable bonds is 6. The van der Waals surface area contributed by atoms with Crippen molar-refractivity contribution in [1.82, 2.24) is 10.4 Å². The molecule has 148 valence electrons. The lowest BCUT2D eigenvalue weighted by atomic mass is 10.1. The van der Waals surface area contributed by atoms with Gasteiger partial charge in [0, 0.05) is 18.8 Å². The summed E-state index contributed by atoms with van der Waals surface area (Å²) in [6, 6.07) is 7.85. The summed E-state index contributed by atoms with van der Waals surface area (Å²) in [4.78, 5) is 17.1. The van der Waals surface area contributed by atoms with Crippen molar-refractivity contribution in [3.63, 3.8) is 0 Å². The van der Waals surface area contributed by atoms with E-state index < -0.39 is 11.7 Å². The van der Waals surface area contributed by atoms with Crippen LogP contribution >= 0.6 is 34.8 Å². The third-order valence-corrected chi connectivity index (χ3v) is 5.28. The fraction of sp³-hybridized carbons (Fsp3) is 0.222. The Morgan fingerprint density at radius 3 is 2.39 bits per heavy atom. The zero-order valence-corrected chi connectivity index (χ0v) is 16.9. The van der Waals surface area contributed by atoms with Crippen LogP contribution in [-0.2, 0) is 4.74 Å². The SMILES string of the molecule is C=C(NNc1c(Cl)c(Cl)nc(C(=O)O)c1Cl)c1ccc(N2CCOCC2)cc1. The van der Waals surface area contributed by atoms with Gasteiger partial charge in [0.2, 0.25) is 0 Å². The molecule has 1 fully saturated rings. The summed E-state index contributed by atoms with van der Waals surface area (Å²) in [6.45, 7) is 7.10. The van der Waals surface area contributed by atoms with Gasteiger partial charge in [-0.25, -0.2) is 9.78 Å². The first-order valence-electron chi connectivity index (χ1n) is 8.30. The lowest BCUT2D eigenvalue weighted by molar-refractivity contribution is 0.0691. The number of halogens is 3. The number of benzene rings is 1. The van der Waals surface area contributed by atoms with Crippen molar-refractivity contribution in [3.8, 4) is 0 Å². The molecule has 0 aliphatic carbocycles. The Morgan fingerprint density at radius 1 is 1.14 bits per heavy atom. The molecule has 1 aliphatic rings. The van der Waals surface area contributed by atoms with Gasteiger partial charge in [-0.2, -0.15) is 0 Å². The number of hydrogen-bond donors (Lipinski definition) is 3. The highest BCUT2D eigenvalue weighted by atomic mass is 35.5. The molecule has 2 heterocycles. The fourth-order valence-electron chi connectivity index (χ4n) is 2.67. The quantitative estimate of drug-likeness (QED) is 0.456. The molecule has 0 unspecified atom stereocenters. The number of nitrogens with one attached hydrogen (secondary N) is 2. The highest BCUT2D eigenvalue weighted by molar-refractivity contribution is 6.46. The molecule has 7 nitrogen and oxygen atoms in total. The molecule has 3 N–H and O–H groups in total. The van der Waals surface area contributed by atoms with Crippen LogP contribution in [0.1, 0.15) is 16.1 Å². The molecular weight excluding hydrogens is 427 g/mol. The van der Waals surface area contributed by atoms with Crippen molar-refractivity contribution in [2.45, 2.75) is 0 Å². The Morgan fingerprint density at radius 2 is 1.79 bits per heavy atom. The third-order valence-electron chi connectivity index (χ3n) is 4.17. The number of hydrogen-bond acceptors (Lipinski definition) is 6. The van der Waals surface area contributed by atoms with Gasteiger partial charge in [0.05, 0.1) is 24.6 Å². The van der Waals surface area contributed by atoms with Crippen LogP contribution in [0.5, 0.6) is 0 Å². The minimum absolute atomic E-state index is 0.000341. The van der Waals surface area contributed by atoms with Crippen molar-refractivity contribution in [2.24, 2.45) is 0 Å². The van der Waals surface area contributed by atoms with E-state index in [0.29, 0.717) is 18.9 Å². The minimum atomic E-state index is -1.32. The molecule has 0 bridgehead atoms. The third kappa shape index (κ3) is 4.44. The first-order valence-corrected chi connectivity index (χ1v) is 9.43. The number of carboxylic acids is 1. The second kappa shape index (κ2) is 8.87. The maximum Gasteiger partial charge on any atom is 0.356 e. The van der Waals surface area contributed by atoms with Crippen LogP contribution < -0.4 is 15.8 Å². The molecule has 0 amide bonds. The number of carboxylic acid groups (broad SMARTS) is 1. The van der Waals surface area contributed by atoms with Crippen LogP contribution in [0, 0.1) is 0 Å². The second-order valence-corrected chi connectivity index (χ2v) is 7.05. The molecule has 0 spiro atoms. The van der Waals surface area contributed by atoms with Crippen LogP contribution in [-0.4, -0.2) is 42.4 Å². The molecule has 28 heavy (non-hydrogen) atoms. The number of aromatic nitrogens is 1. The van der Waals surface area contributed by atoms with E-state index in [0.717, 1.165) is 24.3 Å². The maximum atomic E-state index is 11.2. The summed E-state index contributed by atoms with van der Waals surface area (Å²) in [5, 5.41) is 8.83. The summed E-state index contributed by atoms with van der Waals surface area (Å²) >= 11 is 18.1. The molecule has 3 rings (SSSR count). The van der Waals surface area contributed by atoms with Crippen molar-refractivity contribution in [3.05, 3.63) is 57.3 Å². The van der Waals surface area contributed by atoms with E-state index in [2.05, 4.69) is 27.3 Å². The van der Waals surface area contributed by atoms with E-state index in [1.54, 1.807) is 0 Å². The molecule has 0 saturated carbocycles. The fourth-order valence-corrected chi connectivity index (χ4v) is 3.35. The van der Waals surface area contributed by atoms with Crippen LogP contribution in [0.3, 0.4) is 0 Å². The van der Waals surface area contributed by atoms with Crippen LogP contribution in [0.4, 0.5) is 11.4 Å². The maximum absolute atomic E-state index is 11.2.